The van der Waals surface area contributed by atoms with Gasteiger partial charge in [-0.05, 0) is 83.5 Å². The van der Waals surface area contributed by atoms with E-state index in [1.807, 2.05) is 6.08 Å². The highest BCUT2D eigenvalue weighted by atomic mass is 16.5. The summed E-state index contributed by atoms with van der Waals surface area (Å²) in [5.41, 5.74) is 0. The molecule has 374 valence electrons. The summed E-state index contributed by atoms with van der Waals surface area (Å²) in [4.78, 5) is 26.2. The lowest BCUT2D eigenvalue weighted by Gasteiger charge is -2.24. The van der Waals surface area contributed by atoms with Gasteiger partial charge in [0, 0.05) is 6.42 Å². The molecule has 0 bridgehead atoms. The average Bonchev–Trinajstić information content (AvgIpc) is 3.30. The first-order valence-corrected chi connectivity index (χ1v) is 27.3. The highest BCUT2D eigenvalue weighted by Crippen LogP contribution is 2.17. The summed E-state index contributed by atoms with van der Waals surface area (Å²) in [5.74, 6) is -0.594. The van der Waals surface area contributed by atoms with Gasteiger partial charge in [-0.1, -0.05) is 241 Å². The molecule has 3 atom stereocenters. The lowest BCUT2D eigenvalue weighted by atomic mass is 10.0. The zero-order chi connectivity index (χ0) is 47.4. The van der Waals surface area contributed by atoms with Gasteiger partial charge in [-0.25, -0.2) is 0 Å². The molecule has 0 aliphatic heterocycles. The number of hydrogen-bond acceptors (Lipinski definition) is 5. The predicted molar refractivity (Wildman–Crippen MR) is 282 cm³/mol. The second-order valence-corrected chi connectivity index (χ2v) is 18.3. The molecule has 0 saturated carbocycles. The molecule has 0 heterocycles. The lowest BCUT2D eigenvalue weighted by molar-refractivity contribution is -0.150. The number of allylic oxidation sites excluding steroid dienone is 14. The molecular formula is C59H103NO5. The largest absolute Gasteiger partial charge is 0.462 e. The SMILES string of the molecule is CC/C=C/C/C=C/C/C=C/C/C=C/C/C=C/CCC(=O)OC(CCCCCC/C=C/C=C/CCCCC)CC(=O)NC(CO)C(O)CCCCCCCCCCCCCCCCCCC. The van der Waals surface area contributed by atoms with E-state index in [0.717, 1.165) is 89.9 Å². The summed E-state index contributed by atoms with van der Waals surface area (Å²) < 4.78 is 5.89. The molecule has 0 rings (SSSR count). The highest BCUT2D eigenvalue weighted by Gasteiger charge is 2.24. The Bertz CT molecular complexity index is 1250. The van der Waals surface area contributed by atoms with E-state index in [1.54, 1.807) is 0 Å². The molecule has 0 aliphatic rings. The second kappa shape index (κ2) is 52.0. The molecule has 1 amide bonds. The maximum atomic E-state index is 13.2. The summed E-state index contributed by atoms with van der Waals surface area (Å²) >= 11 is 0. The third-order valence-electron chi connectivity index (χ3n) is 12.0. The van der Waals surface area contributed by atoms with E-state index in [-0.39, 0.29) is 31.3 Å². The summed E-state index contributed by atoms with van der Waals surface area (Å²) in [5, 5.41) is 23.8. The van der Waals surface area contributed by atoms with Crippen LogP contribution in [0.15, 0.2) is 85.1 Å². The van der Waals surface area contributed by atoms with Crippen LogP contribution in [0.1, 0.15) is 252 Å². The molecule has 3 unspecified atom stereocenters. The summed E-state index contributed by atoms with van der Waals surface area (Å²) in [6, 6.07) is -0.727. The van der Waals surface area contributed by atoms with Gasteiger partial charge < -0.3 is 20.3 Å². The van der Waals surface area contributed by atoms with Crippen molar-refractivity contribution in [1.29, 1.82) is 0 Å². The van der Waals surface area contributed by atoms with E-state index in [9.17, 15) is 19.8 Å². The Kier molecular flexibility index (Phi) is 49.6. The molecule has 6 nitrogen and oxygen atoms in total. The molecular weight excluding hydrogens is 803 g/mol. The fourth-order valence-corrected chi connectivity index (χ4v) is 7.88. The van der Waals surface area contributed by atoms with Crippen LogP contribution in [0.5, 0.6) is 0 Å². The number of amides is 1. The number of esters is 1. The van der Waals surface area contributed by atoms with Crippen molar-refractivity contribution in [3.05, 3.63) is 85.1 Å². The lowest BCUT2D eigenvalue weighted by Crippen LogP contribution is -2.46. The predicted octanol–water partition coefficient (Wildman–Crippen LogP) is 16.7. The van der Waals surface area contributed by atoms with Crippen LogP contribution in [0, 0.1) is 0 Å². The van der Waals surface area contributed by atoms with Crippen LogP contribution in [0.2, 0.25) is 0 Å². The van der Waals surface area contributed by atoms with Crippen LogP contribution in [0.25, 0.3) is 0 Å². The van der Waals surface area contributed by atoms with E-state index < -0.39 is 18.2 Å². The Hall–Kier alpha value is -2.96. The van der Waals surface area contributed by atoms with Gasteiger partial charge in [0.2, 0.25) is 5.91 Å². The van der Waals surface area contributed by atoms with Gasteiger partial charge in [0.15, 0.2) is 0 Å². The van der Waals surface area contributed by atoms with E-state index >= 15 is 0 Å². The van der Waals surface area contributed by atoms with Crippen molar-refractivity contribution in [1.82, 2.24) is 5.32 Å². The number of nitrogens with one attached hydrogen (secondary N) is 1. The molecule has 0 aromatic heterocycles. The van der Waals surface area contributed by atoms with Crippen molar-refractivity contribution in [2.75, 3.05) is 6.61 Å². The number of aliphatic hydroxyl groups excluding tert-OH is 2. The Morgan fingerprint density at radius 3 is 1.35 bits per heavy atom. The molecule has 0 fully saturated rings. The quantitative estimate of drug-likeness (QED) is 0.0245. The topological polar surface area (TPSA) is 95.9 Å². The van der Waals surface area contributed by atoms with Crippen LogP contribution in [0.4, 0.5) is 0 Å². The molecule has 65 heavy (non-hydrogen) atoms. The van der Waals surface area contributed by atoms with E-state index in [1.165, 1.54) is 109 Å². The number of unbranched alkanes of at least 4 members (excludes halogenated alkanes) is 23. The van der Waals surface area contributed by atoms with Crippen molar-refractivity contribution in [3.63, 3.8) is 0 Å². The Morgan fingerprint density at radius 1 is 0.477 bits per heavy atom. The Balaban J connectivity index is 4.65. The van der Waals surface area contributed by atoms with Gasteiger partial charge in [0.25, 0.3) is 0 Å². The van der Waals surface area contributed by atoms with Crippen LogP contribution in [0.3, 0.4) is 0 Å². The third-order valence-corrected chi connectivity index (χ3v) is 12.0. The first kappa shape index (κ1) is 62.0. The molecule has 0 aromatic carbocycles. The summed E-state index contributed by atoms with van der Waals surface area (Å²) in [6.07, 6.45) is 68.0. The second-order valence-electron chi connectivity index (χ2n) is 18.3. The maximum Gasteiger partial charge on any atom is 0.306 e. The number of hydrogen-bond donors (Lipinski definition) is 3. The van der Waals surface area contributed by atoms with Gasteiger partial charge >= 0.3 is 5.97 Å². The van der Waals surface area contributed by atoms with E-state index in [0.29, 0.717) is 19.3 Å². The number of aliphatic hydroxyl groups is 2. The zero-order valence-corrected chi connectivity index (χ0v) is 42.6. The zero-order valence-electron chi connectivity index (χ0n) is 42.6. The minimum Gasteiger partial charge on any atom is -0.462 e. The maximum absolute atomic E-state index is 13.2. The Morgan fingerprint density at radius 2 is 0.877 bits per heavy atom. The monoisotopic (exact) mass is 906 g/mol. The molecule has 6 heteroatoms. The van der Waals surface area contributed by atoms with Crippen molar-refractivity contribution in [2.45, 2.75) is 270 Å². The van der Waals surface area contributed by atoms with E-state index in [4.69, 9.17) is 4.74 Å². The van der Waals surface area contributed by atoms with Crippen molar-refractivity contribution < 1.29 is 24.5 Å². The fourth-order valence-electron chi connectivity index (χ4n) is 7.88. The van der Waals surface area contributed by atoms with Gasteiger partial charge in [-0.2, -0.15) is 0 Å². The Labute approximate surface area is 402 Å². The first-order chi connectivity index (χ1) is 32.0. The molecule has 3 N–H and O–H groups in total. The first-order valence-electron chi connectivity index (χ1n) is 27.3. The normalized spacial score (nSPS) is 13.9. The molecule has 0 saturated heterocycles. The van der Waals surface area contributed by atoms with Crippen LogP contribution in [-0.4, -0.2) is 46.9 Å². The number of ether oxygens (including phenoxy) is 1. The number of carbonyl (C=O) groups is 2. The van der Waals surface area contributed by atoms with Crippen molar-refractivity contribution >= 4 is 11.9 Å². The molecule has 0 aromatic rings. The minimum atomic E-state index is -0.810. The standard InChI is InChI=1S/C59H103NO5/c1-4-7-10-13-16-19-22-25-27-29-30-33-36-39-42-45-48-51-57(62)56(54-61)60-58(63)53-55(50-47-44-41-38-35-32-24-21-18-15-12-9-6-3)65-59(64)52-49-46-43-40-37-34-31-28-26-23-20-17-14-11-8-5-2/h8,11,17-18,20-21,24,26,28,32,34,37,43,46,55-57,61-62H,4-7,9-10,12-16,19,22-23,25,27,29-31,33,35-36,38-42,44-45,47-54H2,1-3H3,(H,60,63)/b11-8+,20-17+,21-18+,28-26+,32-24+,37-34+,46-43+. The van der Waals surface area contributed by atoms with Gasteiger partial charge in [0.1, 0.15) is 6.10 Å². The third kappa shape index (κ3) is 47.3. The smallest absolute Gasteiger partial charge is 0.306 e. The number of rotatable bonds is 48. The van der Waals surface area contributed by atoms with Crippen LogP contribution < -0.4 is 5.32 Å². The van der Waals surface area contributed by atoms with Gasteiger partial charge in [-0.15, -0.1) is 0 Å². The van der Waals surface area contributed by atoms with Crippen LogP contribution >= 0.6 is 0 Å². The molecule has 0 radical (unpaired) electrons. The van der Waals surface area contributed by atoms with Gasteiger partial charge in [0.05, 0.1) is 25.2 Å². The van der Waals surface area contributed by atoms with Crippen LogP contribution in [-0.2, 0) is 14.3 Å². The molecule has 0 aliphatic carbocycles. The minimum absolute atomic E-state index is 0.0308. The molecule has 0 spiro atoms. The summed E-state index contributed by atoms with van der Waals surface area (Å²) in [6.45, 7) is 6.33. The van der Waals surface area contributed by atoms with Crippen molar-refractivity contribution in [2.24, 2.45) is 0 Å². The fraction of sp³-hybridized carbons (Fsp3) is 0.729. The van der Waals surface area contributed by atoms with Crippen molar-refractivity contribution in [3.8, 4) is 0 Å². The van der Waals surface area contributed by atoms with Gasteiger partial charge in [-0.3, -0.25) is 9.59 Å². The average molecular weight is 906 g/mol. The van der Waals surface area contributed by atoms with E-state index in [2.05, 4.69) is 105 Å². The highest BCUT2D eigenvalue weighted by molar-refractivity contribution is 5.77. The number of carbonyl (C=O) groups excluding carboxylic acids is 2. The summed E-state index contributed by atoms with van der Waals surface area (Å²) in [7, 11) is 0.